The van der Waals surface area contributed by atoms with Crippen molar-refractivity contribution in [2.75, 3.05) is 26.2 Å². The Morgan fingerprint density at radius 1 is 0.632 bits per heavy atom. The Morgan fingerprint density at radius 2 is 1.06 bits per heavy atom. The van der Waals surface area contributed by atoms with Gasteiger partial charge in [0.1, 0.15) is 0 Å². The Balaban J connectivity index is 0.000000153. The number of amides is 4. The summed E-state index contributed by atoms with van der Waals surface area (Å²) in [5.74, 6) is 7.52. The maximum Gasteiger partial charge on any atom is 0.373 e. The van der Waals surface area contributed by atoms with Gasteiger partial charge in [0, 0.05) is 58.0 Å². The number of benzene rings is 2. The van der Waals surface area contributed by atoms with E-state index in [2.05, 4.69) is 109 Å². The Labute approximate surface area is 420 Å². The summed E-state index contributed by atoms with van der Waals surface area (Å²) in [6.07, 6.45) is 27.1. The molecule has 1 unspecified atom stereocenters. The van der Waals surface area contributed by atoms with Crippen molar-refractivity contribution in [1.29, 1.82) is 0 Å². The molecule has 14 rings (SSSR count). The van der Waals surface area contributed by atoms with Crippen LogP contribution in [0.25, 0.3) is 5.57 Å². The van der Waals surface area contributed by atoms with Gasteiger partial charge >= 0.3 is 24.4 Å². The lowest BCUT2D eigenvalue weighted by molar-refractivity contribution is -0.193. The molecule has 4 amide bonds. The second-order valence-electron chi connectivity index (χ2n) is 22.9. The molecule has 12 aliphatic rings. The minimum atomic E-state index is 0.190. The lowest BCUT2D eigenvalue weighted by atomic mass is 9.54. The van der Waals surface area contributed by atoms with E-state index in [1.54, 1.807) is 11.1 Å². The number of carbonyl (C=O) groups is 2. The topological polar surface area (TPSA) is 133 Å². The quantitative estimate of drug-likeness (QED) is 0.306. The molecule has 8 bridgehead atoms. The Hall–Kier alpha value is -3.56. The Morgan fingerprint density at radius 3 is 1.50 bits per heavy atom. The molecule has 0 radical (unpaired) electrons. The van der Waals surface area contributed by atoms with Crippen molar-refractivity contribution in [2.24, 2.45) is 47.3 Å². The number of fused-ring (bicyclic) bond motifs is 4. The third kappa shape index (κ3) is 9.63. The van der Waals surface area contributed by atoms with Gasteiger partial charge in [0.25, 0.3) is 0 Å². The fourth-order valence-electron chi connectivity index (χ4n) is 17.0. The summed E-state index contributed by atoms with van der Waals surface area (Å²) in [4.78, 5) is 63.3. The van der Waals surface area contributed by atoms with Gasteiger partial charge in [-0.3, -0.25) is 0 Å². The summed E-state index contributed by atoms with van der Waals surface area (Å²) < 4.78 is 2.53. The van der Waals surface area contributed by atoms with Crippen LogP contribution in [0.2, 0.25) is 0 Å². The van der Waals surface area contributed by atoms with Gasteiger partial charge in [-0.15, -0.1) is 0 Å². The summed E-state index contributed by atoms with van der Waals surface area (Å²) in [5, 5.41) is 7.08. The maximum absolute atomic E-state index is 13.3. The molecule has 1 atom stereocenters. The summed E-state index contributed by atoms with van der Waals surface area (Å²) in [6, 6.07) is 14.8. The number of likely N-dealkylation sites (tertiary alicyclic amines) is 2. The van der Waals surface area contributed by atoms with Crippen LogP contribution in [-0.2, 0) is 30.0 Å². The van der Waals surface area contributed by atoms with E-state index in [0.717, 1.165) is 112 Å². The number of nitrogens with zero attached hydrogens (tertiary/aromatic N) is 2. The molecule has 2 aromatic rings. The van der Waals surface area contributed by atoms with E-state index in [1.807, 2.05) is 0 Å². The van der Waals surface area contributed by atoms with Gasteiger partial charge in [-0.1, -0.05) is 82.5 Å². The average molecular weight is 1060 g/mol. The van der Waals surface area contributed by atoms with Crippen LogP contribution >= 0.6 is 31.9 Å². The summed E-state index contributed by atoms with van der Waals surface area (Å²) in [6.45, 7) is 8.09. The van der Waals surface area contributed by atoms with Gasteiger partial charge in [-0.05, 0) is 209 Å². The van der Waals surface area contributed by atoms with E-state index >= 15 is 0 Å². The standard InChI is InChI=1S/C27H37BrN2O.C27H35BrN2O.2CO2/c2*1-2-4-19-16-27(24-22(19)5-3-6-23(24)28)7-9-30(10-8-27)26(31)29-25-20-12-17-11-18(14-20)15-21(25)13-17;2*2-1-3/h3,5-6,17-21,25H,2,4,7-16H2,1H3,(H,29,31);3-6,17-18,20-21,25H,2,7-16H2,1H3,(H,29,31);;/b;19-4-;;. The molecule has 2 aromatic carbocycles. The molecular weight excluding hydrogens is 984 g/mol. The normalized spacial score (nSPS) is 33.8. The van der Waals surface area contributed by atoms with Gasteiger partial charge < -0.3 is 20.4 Å². The van der Waals surface area contributed by atoms with Gasteiger partial charge in [0.05, 0.1) is 0 Å². The van der Waals surface area contributed by atoms with Crippen molar-refractivity contribution in [2.45, 2.75) is 165 Å². The molecule has 10 fully saturated rings. The zero-order valence-corrected chi connectivity index (χ0v) is 43.4. The van der Waals surface area contributed by atoms with Crippen molar-refractivity contribution >= 4 is 61.8 Å². The van der Waals surface area contributed by atoms with E-state index in [1.165, 1.54) is 109 Å². The van der Waals surface area contributed by atoms with E-state index < -0.39 is 0 Å². The van der Waals surface area contributed by atoms with Crippen LogP contribution < -0.4 is 10.6 Å². The molecule has 2 aliphatic heterocycles. The van der Waals surface area contributed by atoms with Gasteiger partial charge in [0.2, 0.25) is 0 Å². The number of hydrogen-bond acceptors (Lipinski definition) is 6. The van der Waals surface area contributed by atoms with Crippen LogP contribution in [0.1, 0.15) is 164 Å². The SMILES string of the molecule is CC/C=C1/CC2(CCN(C(=O)NC3C4CC5CC(C4)CC3C5)CC2)c2c(Br)cccc21.CCCC1CC2(CCN(C(=O)NC3C4CC5CC(C4)CC3C5)CC2)c2c(Br)cccc21.O=C=O.O=C=O. The average Bonchev–Trinajstić information content (AvgIpc) is 3.79. The highest BCUT2D eigenvalue weighted by Gasteiger charge is 2.52. The molecule has 10 nitrogen and oxygen atoms in total. The zero-order chi connectivity index (χ0) is 47.7. The number of halogens is 2. The van der Waals surface area contributed by atoms with Crippen molar-refractivity contribution in [1.82, 2.24) is 20.4 Å². The molecule has 366 valence electrons. The highest BCUT2D eigenvalue weighted by molar-refractivity contribution is 9.10. The molecular formula is C56H72Br2N4O6. The number of rotatable bonds is 5. The molecule has 68 heavy (non-hydrogen) atoms. The van der Waals surface area contributed by atoms with Crippen molar-refractivity contribution in [3.05, 3.63) is 73.7 Å². The first-order chi connectivity index (χ1) is 32.9. The van der Waals surface area contributed by atoms with Crippen molar-refractivity contribution in [3.8, 4) is 0 Å². The first-order valence-electron chi connectivity index (χ1n) is 26.3. The largest absolute Gasteiger partial charge is 0.373 e. The number of carbonyl (C=O) groups excluding carboxylic acids is 6. The molecule has 2 saturated heterocycles. The van der Waals surface area contributed by atoms with Crippen LogP contribution in [0.4, 0.5) is 9.59 Å². The van der Waals surface area contributed by atoms with E-state index in [4.69, 9.17) is 19.2 Å². The second kappa shape index (κ2) is 21.0. The Kier molecular flexibility index (Phi) is 15.3. The molecule has 8 saturated carbocycles. The third-order valence-corrected chi connectivity index (χ3v) is 20.5. The van der Waals surface area contributed by atoms with Crippen molar-refractivity contribution < 1.29 is 28.8 Å². The highest BCUT2D eigenvalue weighted by Crippen LogP contribution is 2.58. The smallest absolute Gasteiger partial charge is 0.335 e. The first kappa shape index (κ1) is 49.4. The lowest BCUT2D eigenvalue weighted by Gasteiger charge is -2.54. The molecule has 2 spiro atoms. The van der Waals surface area contributed by atoms with Crippen LogP contribution in [0, 0.1) is 47.3 Å². The van der Waals surface area contributed by atoms with E-state index in [-0.39, 0.29) is 35.2 Å². The predicted octanol–water partition coefficient (Wildman–Crippen LogP) is 12.0. The fourth-order valence-corrected chi connectivity index (χ4v) is 18.6. The summed E-state index contributed by atoms with van der Waals surface area (Å²) in [5.41, 5.74) is 8.02. The number of piperidine rings is 2. The highest BCUT2D eigenvalue weighted by atomic mass is 79.9. The van der Waals surface area contributed by atoms with Crippen LogP contribution in [-0.4, -0.2) is 72.4 Å². The number of hydrogen-bond donors (Lipinski definition) is 2. The third-order valence-electron chi connectivity index (χ3n) is 19.2. The molecule has 10 aliphatic carbocycles. The van der Waals surface area contributed by atoms with E-state index in [0.29, 0.717) is 18.0 Å². The predicted molar refractivity (Wildman–Crippen MR) is 267 cm³/mol. The minimum absolute atomic E-state index is 0.190. The van der Waals surface area contributed by atoms with Crippen LogP contribution in [0.5, 0.6) is 0 Å². The Bertz CT molecular complexity index is 2200. The monoisotopic (exact) mass is 1050 g/mol. The molecule has 2 N–H and O–H groups in total. The van der Waals surface area contributed by atoms with Gasteiger partial charge in [-0.25, -0.2) is 9.59 Å². The number of nitrogens with one attached hydrogen (secondary N) is 2. The maximum atomic E-state index is 13.3. The number of urea groups is 2. The summed E-state index contributed by atoms with van der Waals surface area (Å²) in [7, 11) is 0. The first-order valence-corrected chi connectivity index (χ1v) is 27.9. The minimum Gasteiger partial charge on any atom is -0.335 e. The van der Waals surface area contributed by atoms with Crippen molar-refractivity contribution in [3.63, 3.8) is 0 Å². The van der Waals surface area contributed by atoms with Gasteiger partial charge in [-0.2, -0.15) is 19.2 Å². The molecule has 0 aromatic heterocycles. The fraction of sp³-hybridized carbons (Fsp3) is 0.679. The van der Waals surface area contributed by atoms with Gasteiger partial charge in [0.15, 0.2) is 0 Å². The molecule has 2 heterocycles. The molecule has 12 heteroatoms. The lowest BCUT2D eigenvalue weighted by Crippen LogP contribution is -2.59. The van der Waals surface area contributed by atoms with Crippen LogP contribution in [0.3, 0.4) is 0 Å². The zero-order valence-electron chi connectivity index (χ0n) is 40.3. The van der Waals surface area contributed by atoms with E-state index in [9.17, 15) is 9.59 Å². The summed E-state index contributed by atoms with van der Waals surface area (Å²) >= 11 is 7.75. The second-order valence-corrected chi connectivity index (χ2v) is 24.6. The number of allylic oxidation sites excluding steroid dienone is 2. The van der Waals surface area contributed by atoms with Crippen LogP contribution in [0.15, 0.2) is 51.4 Å².